The normalized spacial score (nSPS) is 27.5. The van der Waals surface area contributed by atoms with E-state index in [9.17, 15) is 24.0 Å². The van der Waals surface area contributed by atoms with Crippen LogP contribution in [0.4, 0.5) is 4.79 Å². The molecule has 0 saturated carbocycles. The summed E-state index contributed by atoms with van der Waals surface area (Å²) >= 11 is 0. The molecule has 0 unspecified atom stereocenters. The molecule has 0 spiro atoms. The van der Waals surface area contributed by atoms with E-state index in [4.69, 9.17) is 0 Å². The Kier molecular flexibility index (Phi) is 5.34. The Morgan fingerprint density at radius 2 is 1.68 bits per heavy atom. The highest BCUT2D eigenvalue weighted by molar-refractivity contribution is 6.09. The quantitative estimate of drug-likeness (QED) is 0.400. The Morgan fingerprint density at radius 1 is 1.06 bits per heavy atom. The molecule has 0 aromatic heterocycles. The van der Waals surface area contributed by atoms with Crippen LogP contribution in [0, 0.1) is 11.8 Å². The number of fused-ring (bicyclic) bond motifs is 1. The van der Waals surface area contributed by atoms with E-state index in [-0.39, 0.29) is 11.8 Å². The molecule has 4 rings (SSSR count). The average Bonchev–Trinajstić information content (AvgIpc) is 3.13. The van der Waals surface area contributed by atoms with Gasteiger partial charge in [-0.25, -0.2) is 4.79 Å². The number of hydrogen-bond acceptors (Lipinski definition) is 5. The summed E-state index contributed by atoms with van der Waals surface area (Å²) in [5.74, 6) is -3.02. The Morgan fingerprint density at radius 3 is 2.29 bits per heavy atom. The van der Waals surface area contributed by atoms with Crippen LogP contribution in [-0.4, -0.2) is 51.7 Å². The summed E-state index contributed by atoms with van der Waals surface area (Å²) in [6, 6.07) is 8.80. The fraction of sp³-hybridized carbons (Fsp3) is 0.409. The number of amides is 6. The third-order valence-corrected chi connectivity index (χ3v) is 6.15. The number of likely N-dealkylation sites (tertiary alicyclic amines) is 1. The van der Waals surface area contributed by atoms with Crippen LogP contribution >= 0.6 is 0 Å². The van der Waals surface area contributed by atoms with Gasteiger partial charge >= 0.3 is 6.03 Å². The molecule has 0 radical (unpaired) electrons. The molecular formula is C22H24N4O5. The second kappa shape index (κ2) is 7.98. The van der Waals surface area contributed by atoms with Crippen molar-refractivity contribution >= 4 is 29.7 Å². The van der Waals surface area contributed by atoms with Gasteiger partial charge in [0, 0.05) is 0 Å². The van der Waals surface area contributed by atoms with E-state index < -0.39 is 41.8 Å². The summed E-state index contributed by atoms with van der Waals surface area (Å²) < 4.78 is 0. The van der Waals surface area contributed by atoms with E-state index in [0.29, 0.717) is 30.7 Å². The number of benzene rings is 1. The van der Waals surface area contributed by atoms with Crippen LogP contribution in [0.5, 0.6) is 0 Å². The molecule has 2 aliphatic heterocycles. The van der Waals surface area contributed by atoms with Crippen LogP contribution in [0.2, 0.25) is 0 Å². The number of hydrogen-bond donors (Lipinski definition) is 2. The van der Waals surface area contributed by atoms with Crippen molar-refractivity contribution in [2.75, 3.05) is 6.54 Å². The summed E-state index contributed by atoms with van der Waals surface area (Å²) in [5.41, 5.74) is 2.11. The van der Waals surface area contributed by atoms with Gasteiger partial charge in [-0.2, -0.15) is 5.01 Å². The van der Waals surface area contributed by atoms with Gasteiger partial charge in [-0.3, -0.25) is 29.5 Å². The first-order chi connectivity index (χ1) is 14.8. The predicted molar refractivity (Wildman–Crippen MR) is 109 cm³/mol. The van der Waals surface area contributed by atoms with Gasteiger partial charge in [0.1, 0.15) is 12.1 Å². The maximum atomic E-state index is 12.8. The number of aryl methyl sites for hydroxylation is 1. The van der Waals surface area contributed by atoms with Gasteiger partial charge in [-0.05, 0) is 38.2 Å². The SMILES string of the molecule is C[C@@]1(CCc2ccccc2)NC(=O)N(NC(=O)CN2C(=O)[C@H]3CC=CC[C@H]3C2=O)C1=O. The van der Waals surface area contributed by atoms with Gasteiger partial charge in [0.2, 0.25) is 11.8 Å². The largest absolute Gasteiger partial charge is 0.344 e. The lowest BCUT2D eigenvalue weighted by molar-refractivity contribution is -0.145. The van der Waals surface area contributed by atoms with Crippen molar-refractivity contribution in [2.45, 2.75) is 38.1 Å². The van der Waals surface area contributed by atoms with Gasteiger partial charge in [0.15, 0.2) is 0 Å². The molecule has 2 fully saturated rings. The van der Waals surface area contributed by atoms with Crippen molar-refractivity contribution in [3.05, 3.63) is 48.0 Å². The molecule has 6 amide bonds. The number of imide groups is 2. The van der Waals surface area contributed by atoms with Crippen LogP contribution in [0.25, 0.3) is 0 Å². The van der Waals surface area contributed by atoms with Gasteiger partial charge < -0.3 is 5.32 Å². The lowest BCUT2D eigenvalue weighted by Crippen LogP contribution is -2.52. The molecule has 9 nitrogen and oxygen atoms in total. The molecule has 2 N–H and O–H groups in total. The summed E-state index contributed by atoms with van der Waals surface area (Å²) in [4.78, 5) is 63.6. The standard InChI is InChI=1S/C22H24N4O5/c1-22(12-11-14-7-3-2-4-8-14)20(30)26(21(31)23-22)24-17(27)13-25-18(28)15-9-5-6-10-16(15)19(25)29/h2-8,15-16H,9-13H2,1H3,(H,23,31)(H,24,27)/t15-,16+,22-/m0/s1. The monoisotopic (exact) mass is 424 g/mol. The maximum Gasteiger partial charge on any atom is 0.344 e. The minimum Gasteiger partial charge on any atom is -0.322 e. The highest BCUT2D eigenvalue weighted by atomic mass is 16.2. The third kappa shape index (κ3) is 3.83. The topological polar surface area (TPSA) is 116 Å². The molecule has 162 valence electrons. The minimum absolute atomic E-state index is 0.355. The van der Waals surface area contributed by atoms with Crippen molar-refractivity contribution in [3.63, 3.8) is 0 Å². The molecule has 3 atom stereocenters. The Hall–Kier alpha value is -3.49. The fourth-order valence-corrected chi connectivity index (χ4v) is 4.32. The molecule has 31 heavy (non-hydrogen) atoms. The number of rotatable bonds is 6. The van der Waals surface area contributed by atoms with Crippen LogP contribution in [-0.2, 0) is 25.6 Å². The lowest BCUT2D eigenvalue weighted by atomic mass is 9.85. The molecule has 1 aliphatic carbocycles. The number of carbonyl (C=O) groups is 5. The molecule has 0 bridgehead atoms. The lowest BCUT2D eigenvalue weighted by Gasteiger charge is -2.22. The summed E-state index contributed by atoms with van der Waals surface area (Å²) in [5, 5.41) is 3.26. The van der Waals surface area contributed by atoms with Crippen LogP contribution in [0.15, 0.2) is 42.5 Å². The first-order valence-electron chi connectivity index (χ1n) is 10.3. The third-order valence-electron chi connectivity index (χ3n) is 6.15. The zero-order valence-electron chi connectivity index (χ0n) is 17.2. The molecule has 1 aromatic carbocycles. The van der Waals surface area contributed by atoms with Crippen LogP contribution in [0.3, 0.4) is 0 Å². The number of hydrazine groups is 1. The van der Waals surface area contributed by atoms with E-state index in [1.165, 1.54) is 0 Å². The summed E-state index contributed by atoms with van der Waals surface area (Å²) in [7, 11) is 0. The molecule has 1 aromatic rings. The maximum absolute atomic E-state index is 12.8. The summed E-state index contributed by atoms with van der Waals surface area (Å²) in [6.45, 7) is 1.08. The molecule has 2 heterocycles. The first-order valence-corrected chi connectivity index (χ1v) is 10.3. The van der Waals surface area contributed by atoms with Crippen molar-refractivity contribution in [1.82, 2.24) is 20.7 Å². The van der Waals surface area contributed by atoms with Crippen molar-refractivity contribution in [2.24, 2.45) is 11.8 Å². The average molecular weight is 424 g/mol. The van der Waals surface area contributed by atoms with E-state index in [0.717, 1.165) is 10.5 Å². The second-order valence-corrected chi connectivity index (χ2v) is 8.34. The van der Waals surface area contributed by atoms with E-state index in [2.05, 4.69) is 10.7 Å². The Bertz CT molecular complexity index is 949. The van der Waals surface area contributed by atoms with Gasteiger partial charge in [-0.1, -0.05) is 42.5 Å². The first kappa shape index (κ1) is 20.8. The van der Waals surface area contributed by atoms with E-state index >= 15 is 0 Å². The van der Waals surface area contributed by atoms with Gasteiger partial charge in [0.25, 0.3) is 11.8 Å². The predicted octanol–water partition coefficient (Wildman–Crippen LogP) is 0.912. The van der Waals surface area contributed by atoms with Crippen molar-refractivity contribution < 1.29 is 24.0 Å². The van der Waals surface area contributed by atoms with Gasteiger partial charge in [0.05, 0.1) is 11.8 Å². The minimum atomic E-state index is -1.17. The number of nitrogens with one attached hydrogen (secondary N) is 2. The zero-order chi connectivity index (χ0) is 22.2. The van der Waals surface area contributed by atoms with Crippen molar-refractivity contribution in [1.29, 1.82) is 0 Å². The summed E-state index contributed by atoms with van der Waals surface area (Å²) in [6.07, 6.45) is 5.59. The zero-order valence-corrected chi connectivity index (χ0v) is 17.2. The number of carbonyl (C=O) groups excluding carboxylic acids is 5. The molecule has 3 aliphatic rings. The van der Waals surface area contributed by atoms with E-state index in [1.807, 2.05) is 42.5 Å². The van der Waals surface area contributed by atoms with Gasteiger partial charge in [-0.15, -0.1) is 0 Å². The molecular weight excluding hydrogens is 400 g/mol. The van der Waals surface area contributed by atoms with Crippen LogP contribution < -0.4 is 10.7 Å². The number of allylic oxidation sites excluding steroid dienone is 2. The Balaban J connectivity index is 1.37. The smallest absolute Gasteiger partial charge is 0.322 e. The number of urea groups is 1. The van der Waals surface area contributed by atoms with Crippen LogP contribution in [0.1, 0.15) is 31.7 Å². The highest BCUT2D eigenvalue weighted by Gasteiger charge is 2.50. The Labute approximate surface area is 179 Å². The van der Waals surface area contributed by atoms with E-state index in [1.54, 1.807) is 6.92 Å². The fourth-order valence-electron chi connectivity index (χ4n) is 4.32. The molecule has 9 heteroatoms. The second-order valence-electron chi connectivity index (χ2n) is 8.34. The number of nitrogens with zero attached hydrogens (tertiary/aromatic N) is 2. The van der Waals surface area contributed by atoms with Crippen molar-refractivity contribution in [3.8, 4) is 0 Å². The molecule has 2 saturated heterocycles. The highest BCUT2D eigenvalue weighted by Crippen LogP contribution is 2.34.